The second kappa shape index (κ2) is 15.9. The molecule has 2 aliphatic heterocycles. The highest BCUT2D eigenvalue weighted by atomic mass is 16.7. The summed E-state index contributed by atoms with van der Waals surface area (Å²) >= 11 is 0. The van der Waals surface area contributed by atoms with E-state index < -0.39 is 112 Å². The maximum Gasteiger partial charge on any atom is 0.407 e. The van der Waals surface area contributed by atoms with Crippen LogP contribution >= 0.6 is 0 Å². The van der Waals surface area contributed by atoms with Crippen LogP contribution < -0.4 is 5.32 Å². The lowest BCUT2D eigenvalue weighted by molar-refractivity contribution is -0.403. The molecular formula is C45H63NO13. The van der Waals surface area contributed by atoms with Gasteiger partial charge in [0.15, 0.2) is 18.0 Å². The first kappa shape index (κ1) is 44.7. The van der Waals surface area contributed by atoms with Crippen LogP contribution in [0.5, 0.6) is 0 Å². The van der Waals surface area contributed by atoms with Gasteiger partial charge in [0.2, 0.25) is 0 Å². The molecule has 2 saturated carbocycles. The summed E-state index contributed by atoms with van der Waals surface area (Å²) in [7, 11) is 0. The van der Waals surface area contributed by atoms with E-state index in [9.17, 15) is 29.4 Å². The van der Waals surface area contributed by atoms with E-state index in [1.165, 1.54) is 6.92 Å². The number of alkyl carbamates (subject to hydrolysis) is 1. The first-order chi connectivity index (χ1) is 27.4. The minimum Gasteiger partial charge on any atom is -0.456 e. The topological polar surface area (TPSA) is 185 Å². The van der Waals surface area contributed by atoms with Crippen LogP contribution in [0.4, 0.5) is 4.79 Å². The molecule has 0 spiro atoms. The van der Waals surface area contributed by atoms with Gasteiger partial charge in [-0.3, -0.25) is 4.79 Å². The van der Waals surface area contributed by atoms with Crippen LogP contribution in [-0.4, -0.2) is 107 Å². The normalized spacial score (nSPS) is 36.8. The predicted octanol–water partition coefficient (Wildman–Crippen LogP) is 5.57. The summed E-state index contributed by atoms with van der Waals surface area (Å²) in [5, 5.41) is 28.0. The van der Waals surface area contributed by atoms with Crippen LogP contribution in [0.2, 0.25) is 0 Å². The van der Waals surface area contributed by atoms with Gasteiger partial charge in [-0.25, -0.2) is 14.4 Å². The molecule has 14 heteroatoms. The number of esters is 3. The molecule has 326 valence electrons. The van der Waals surface area contributed by atoms with Crippen LogP contribution in [0.25, 0.3) is 0 Å². The van der Waals surface area contributed by atoms with Crippen molar-refractivity contribution >= 4 is 24.0 Å². The van der Waals surface area contributed by atoms with Gasteiger partial charge in [0.05, 0.1) is 36.3 Å². The number of carbonyl (C=O) groups excluding carboxylic acids is 4. The van der Waals surface area contributed by atoms with Crippen molar-refractivity contribution in [2.75, 3.05) is 6.61 Å². The fourth-order valence-electron chi connectivity index (χ4n) is 11.0. The van der Waals surface area contributed by atoms with Gasteiger partial charge < -0.3 is 48.7 Å². The van der Waals surface area contributed by atoms with Gasteiger partial charge in [0.25, 0.3) is 0 Å². The summed E-state index contributed by atoms with van der Waals surface area (Å²) in [5.74, 6) is -3.85. The molecule has 3 N–H and O–H groups in total. The molecule has 0 aromatic heterocycles. The van der Waals surface area contributed by atoms with Crippen LogP contribution in [-0.2, 0) is 42.7 Å². The molecule has 1 aromatic carbocycles. The van der Waals surface area contributed by atoms with Crippen molar-refractivity contribution in [3.8, 4) is 0 Å². The lowest BCUT2D eigenvalue weighted by Gasteiger charge is -2.71. The molecule has 2 bridgehead atoms. The number of aliphatic hydroxyl groups is 2. The molecule has 14 nitrogen and oxygen atoms in total. The van der Waals surface area contributed by atoms with Crippen LogP contribution in [0.1, 0.15) is 106 Å². The van der Waals surface area contributed by atoms with Gasteiger partial charge in [-0.1, -0.05) is 71.9 Å². The summed E-state index contributed by atoms with van der Waals surface area (Å²) in [6.07, 6.45) is -6.18. The fraction of sp³-hybridized carbons (Fsp3) is 0.689. The Morgan fingerprint density at radius 2 is 1.71 bits per heavy atom. The smallest absolute Gasteiger partial charge is 0.407 e. The van der Waals surface area contributed by atoms with Crippen molar-refractivity contribution in [2.24, 2.45) is 28.6 Å². The number of carbonyl (C=O) groups is 4. The fourth-order valence-corrected chi connectivity index (χ4v) is 11.0. The van der Waals surface area contributed by atoms with Crippen molar-refractivity contribution in [1.29, 1.82) is 0 Å². The van der Waals surface area contributed by atoms with Crippen LogP contribution in [0, 0.1) is 28.6 Å². The molecule has 13 atom stereocenters. The van der Waals surface area contributed by atoms with Crippen LogP contribution in [0.15, 0.2) is 54.1 Å². The molecule has 2 heterocycles. The number of benzene rings is 1. The number of nitrogens with one attached hydrogen (secondary N) is 1. The van der Waals surface area contributed by atoms with Gasteiger partial charge in [-0.15, -0.1) is 0 Å². The third-order valence-electron chi connectivity index (χ3n) is 13.5. The van der Waals surface area contributed by atoms with Gasteiger partial charge in [-0.2, -0.15) is 0 Å². The zero-order valence-electron chi connectivity index (χ0n) is 36.2. The highest BCUT2D eigenvalue weighted by molar-refractivity contribution is 5.89. The average Bonchev–Trinajstić information content (AvgIpc) is 3.12. The number of hydrogen-bond donors (Lipinski definition) is 3. The van der Waals surface area contributed by atoms with Gasteiger partial charge >= 0.3 is 24.0 Å². The van der Waals surface area contributed by atoms with Gasteiger partial charge in [-0.05, 0) is 63.8 Å². The van der Waals surface area contributed by atoms with Gasteiger partial charge in [0, 0.05) is 36.5 Å². The number of ether oxygens (including phenoxy) is 7. The van der Waals surface area contributed by atoms with Crippen molar-refractivity contribution in [2.45, 2.75) is 161 Å². The molecule has 2 saturated heterocycles. The van der Waals surface area contributed by atoms with E-state index >= 15 is 0 Å². The van der Waals surface area contributed by atoms with E-state index in [0.29, 0.717) is 17.6 Å². The number of aliphatic hydroxyl groups excluding tert-OH is 1. The Kier molecular flexibility index (Phi) is 12.1. The highest BCUT2D eigenvalue weighted by Crippen LogP contribution is 2.68. The second-order valence-electron chi connectivity index (χ2n) is 19.3. The number of fused-ring (bicyclic) bond motifs is 4. The zero-order valence-corrected chi connectivity index (χ0v) is 36.2. The van der Waals surface area contributed by atoms with Crippen LogP contribution in [0.3, 0.4) is 0 Å². The molecule has 1 amide bonds. The molecule has 59 heavy (non-hydrogen) atoms. The molecule has 4 fully saturated rings. The SMILES string of the molecule is C=CC1O[C@H]2C[C@H]3OC[C@@]3(OC(C)=O)[C@H]3[C@H](OC(=O)c4ccccc4)[C@]4(O)C[C@H](OC(=O)[C@H](O)C(CC(C)C)NC(=O)OC(C)(C)C)C(C)=C([C@H](C)[C@H](O1)[C@]23C)C4(C)C. The molecular weight excluding hydrogens is 762 g/mol. The summed E-state index contributed by atoms with van der Waals surface area (Å²) in [4.78, 5) is 54.5. The first-order valence-electron chi connectivity index (χ1n) is 20.7. The number of rotatable bonds is 10. The third kappa shape index (κ3) is 7.73. The lowest BCUT2D eigenvalue weighted by atomic mass is 9.43. The minimum atomic E-state index is -2.02. The second-order valence-corrected chi connectivity index (χ2v) is 19.3. The largest absolute Gasteiger partial charge is 0.456 e. The van der Waals surface area contributed by atoms with E-state index in [0.717, 1.165) is 0 Å². The van der Waals surface area contributed by atoms with E-state index in [1.807, 2.05) is 48.5 Å². The molecule has 5 aliphatic rings. The lowest BCUT2D eigenvalue weighted by Crippen LogP contribution is -2.83. The highest BCUT2D eigenvalue weighted by Gasteiger charge is 2.79. The number of hydrogen-bond acceptors (Lipinski definition) is 13. The third-order valence-corrected chi connectivity index (χ3v) is 13.5. The summed E-state index contributed by atoms with van der Waals surface area (Å²) in [6.45, 7) is 23.6. The Labute approximate surface area is 347 Å². The Morgan fingerprint density at radius 1 is 1.05 bits per heavy atom. The monoisotopic (exact) mass is 825 g/mol. The van der Waals surface area contributed by atoms with Crippen molar-refractivity contribution in [3.63, 3.8) is 0 Å². The van der Waals surface area contributed by atoms with E-state index in [1.54, 1.807) is 57.2 Å². The van der Waals surface area contributed by atoms with Crippen molar-refractivity contribution in [3.05, 3.63) is 59.7 Å². The molecule has 0 radical (unpaired) electrons. The quantitative estimate of drug-likeness (QED) is 0.151. The Hall–Kier alpha value is -3.82. The van der Waals surface area contributed by atoms with Gasteiger partial charge in [0.1, 0.15) is 29.5 Å². The Bertz CT molecular complexity index is 1840. The molecule has 3 aliphatic carbocycles. The zero-order chi connectivity index (χ0) is 43.6. The predicted molar refractivity (Wildman–Crippen MR) is 214 cm³/mol. The van der Waals surface area contributed by atoms with E-state index in [2.05, 4.69) is 11.9 Å². The summed E-state index contributed by atoms with van der Waals surface area (Å²) in [6, 6.07) is 7.32. The van der Waals surface area contributed by atoms with Crippen molar-refractivity contribution in [1.82, 2.24) is 5.32 Å². The Balaban J connectivity index is 1.51. The maximum absolute atomic E-state index is 14.4. The molecule has 6 rings (SSSR count). The number of amides is 1. The van der Waals surface area contributed by atoms with E-state index in [4.69, 9.17) is 33.2 Å². The average molecular weight is 826 g/mol. The first-order valence-corrected chi connectivity index (χ1v) is 20.7. The Morgan fingerprint density at radius 3 is 2.27 bits per heavy atom. The molecule has 1 aromatic rings. The van der Waals surface area contributed by atoms with Crippen molar-refractivity contribution < 1.29 is 62.5 Å². The minimum absolute atomic E-state index is 0.0405. The molecule has 2 unspecified atom stereocenters. The summed E-state index contributed by atoms with van der Waals surface area (Å²) in [5.41, 5.74) is -4.96. The maximum atomic E-state index is 14.4. The summed E-state index contributed by atoms with van der Waals surface area (Å²) < 4.78 is 44.1. The standard InChI is InChI=1S/C45H63NO13/c1-13-32-55-30-20-31-44(22-53-31,58-26(6)47)35-37(57-38(49)27-17-15-14-16-18-27)45(52)21-29(24(4)33(42(45,10)11)25(5)36(56-32)43(30,35)12)54-39(50)34(48)28(19-23(2)3)46-40(51)59-41(7,8)9/h13-18,23,25,28-32,34-37,48,52H,1,19-22H2,2-12H3,(H,46,51)/t25-,28?,29-,30-,31+,32?,34+,35-,36-,37-,43+,44-,45+/m0/s1. The van der Waals surface area contributed by atoms with E-state index in [-0.39, 0.29) is 30.9 Å².